The quantitative estimate of drug-likeness (QED) is 0.319. The number of nitrogens with zero attached hydrogens (tertiary/aromatic N) is 1. The number of thiazole rings is 1. The minimum absolute atomic E-state index is 0.358. The van der Waals surface area contributed by atoms with Gasteiger partial charge in [0.05, 0.1) is 4.88 Å². The number of aliphatic hydroxyl groups is 1. The monoisotopic (exact) mass is 523 g/mol. The third-order valence-electron chi connectivity index (χ3n) is 6.02. The van der Waals surface area contributed by atoms with E-state index < -0.39 is 23.5 Å². The van der Waals surface area contributed by atoms with Crippen molar-refractivity contribution >= 4 is 28.3 Å². The van der Waals surface area contributed by atoms with Crippen LogP contribution in [0.5, 0.6) is 5.75 Å². The largest absolute Gasteiger partial charge is 0.489 e. The fraction of sp³-hybridized carbons (Fsp3) is 0.414. The zero-order chi connectivity index (χ0) is 27.2. The van der Waals surface area contributed by atoms with Crippen molar-refractivity contribution < 1.29 is 19.4 Å². The number of ether oxygens (including phenoxy) is 1. The van der Waals surface area contributed by atoms with Gasteiger partial charge < -0.3 is 20.5 Å². The van der Waals surface area contributed by atoms with Crippen LogP contribution in [-0.4, -0.2) is 34.1 Å². The van der Waals surface area contributed by atoms with Gasteiger partial charge in [-0.25, -0.2) is 4.98 Å². The average molecular weight is 524 g/mol. The van der Waals surface area contributed by atoms with Gasteiger partial charge in [0.25, 0.3) is 0 Å². The van der Waals surface area contributed by atoms with E-state index >= 15 is 0 Å². The van der Waals surface area contributed by atoms with E-state index in [2.05, 4.69) is 21.7 Å². The van der Waals surface area contributed by atoms with Gasteiger partial charge in [0.15, 0.2) is 5.13 Å². The molecule has 2 atom stereocenters. The molecule has 3 N–H and O–H groups in total. The van der Waals surface area contributed by atoms with E-state index in [0.717, 1.165) is 32.9 Å². The first-order chi connectivity index (χ1) is 17.5. The van der Waals surface area contributed by atoms with Crippen molar-refractivity contribution in [2.24, 2.45) is 5.41 Å². The third kappa shape index (κ3) is 7.63. The lowest BCUT2D eigenvalue weighted by Crippen LogP contribution is -2.50. The summed E-state index contributed by atoms with van der Waals surface area (Å²) in [5.74, 6) is -0.0601. The molecule has 0 spiro atoms. The molecule has 0 bridgehead atoms. The lowest BCUT2D eigenvalue weighted by atomic mass is 9.88. The number of hydrogen-bond donors (Lipinski definition) is 3. The second kappa shape index (κ2) is 12.3. The lowest BCUT2D eigenvalue weighted by molar-refractivity contribution is -0.137. The molecule has 198 valence electrons. The molecular weight excluding hydrogens is 486 g/mol. The van der Waals surface area contributed by atoms with Crippen LogP contribution in [0.25, 0.3) is 10.4 Å². The summed E-state index contributed by atoms with van der Waals surface area (Å²) < 4.78 is 6.13. The molecular formula is C29H37N3O4S. The number of benzene rings is 2. The van der Waals surface area contributed by atoms with E-state index in [9.17, 15) is 14.7 Å². The first-order valence-corrected chi connectivity index (χ1v) is 13.3. The number of carbonyl (C=O) groups is 2. The molecule has 0 aliphatic heterocycles. The van der Waals surface area contributed by atoms with Gasteiger partial charge in [0.1, 0.15) is 24.5 Å². The van der Waals surface area contributed by atoms with E-state index in [0.29, 0.717) is 24.6 Å². The highest BCUT2D eigenvalue weighted by atomic mass is 32.1. The zero-order valence-electron chi connectivity index (χ0n) is 22.4. The molecule has 2 amide bonds. The number of rotatable bonds is 10. The van der Waals surface area contributed by atoms with Crippen molar-refractivity contribution in [2.45, 2.75) is 73.1 Å². The van der Waals surface area contributed by atoms with E-state index in [-0.39, 0.29) is 5.91 Å². The van der Waals surface area contributed by atoms with Crippen LogP contribution in [0.4, 0.5) is 5.13 Å². The molecule has 2 aromatic carbocycles. The Morgan fingerprint density at radius 1 is 1.11 bits per heavy atom. The Kier molecular flexibility index (Phi) is 9.45. The second-order valence-corrected chi connectivity index (χ2v) is 11.4. The molecule has 0 aliphatic carbocycles. The van der Waals surface area contributed by atoms with Gasteiger partial charge in [-0.3, -0.25) is 9.59 Å². The Balaban J connectivity index is 1.71. The topological polar surface area (TPSA) is 101 Å². The van der Waals surface area contributed by atoms with E-state index in [4.69, 9.17) is 4.74 Å². The summed E-state index contributed by atoms with van der Waals surface area (Å²) in [5.41, 5.74) is 3.59. The number of aryl methyl sites for hydroxylation is 2. The van der Waals surface area contributed by atoms with Gasteiger partial charge in [-0.2, -0.15) is 0 Å². The van der Waals surface area contributed by atoms with Gasteiger partial charge in [-0.1, -0.05) is 81.9 Å². The van der Waals surface area contributed by atoms with Gasteiger partial charge in [0.2, 0.25) is 11.8 Å². The van der Waals surface area contributed by atoms with Crippen LogP contribution in [0.2, 0.25) is 0 Å². The average Bonchev–Trinajstić information content (AvgIpc) is 3.31. The number of amides is 2. The molecule has 0 saturated carbocycles. The molecule has 0 aliphatic rings. The Morgan fingerprint density at radius 3 is 2.54 bits per heavy atom. The maximum Gasteiger partial charge on any atom is 0.250 e. The van der Waals surface area contributed by atoms with Crippen LogP contribution in [0.1, 0.15) is 57.2 Å². The van der Waals surface area contributed by atoms with E-state index in [1.54, 1.807) is 27.0 Å². The van der Waals surface area contributed by atoms with Crippen LogP contribution < -0.4 is 15.4 Å². The van der Waals surface area contributed by atoms with Gasteiger partial charge in [-0.05, 0) is 54.0 Å². The van der Waals surface area contributed by atoms with Crippen molar-refractivity contribution in [1.82, 2.24) is 10.3 Å². The summed E-state index contributed by atoms with van der Waals surface area (Å²) in [4.78, 5) is 30.8. The van der Waals surface area contributed by atoms with Crippen LogP contribution in [-0.2, 0) is 16.2 Å². The highest BCUT2D eigenvalue weighted by molar-refractivity contribution is 7.19. The molecule has 3 aromatic rings. The Hall–Kier alpha value is -3.23. The number of nitrogens with one attached hydrogen (secondary N) is 2. The maximum absolute atomic E-state index is 13.0. The van der Waals surface area contributed by atoms with Crippen molar-refractivity contribution in [1.29, 1.82) is 0 Å². The second-order valence-electron chi connectivity index (χ2n) is 10.4. The molecule has 7 nitrogen and oxygen atoms in total. The van der Waals surface area contributed by atoms with E-state index in [1.807, 2.05) is 57.2 Å². The Labute approximate surface area is 223 Å². The predicted octanol–water partition coefficient (Wildman–Crippen LogP) is 5.64. The van der Waals surface area contributed by atoms with Crippen molar-refractivity contribution in [3.63, 3.8) is 0 Å². The Morgan fingerprint density at radius 2 is 1.84 bits per heavy atom. The summed E-state index contributed by atoms with van der Waals surface area (Å²) in [5, 5.41) is 16.2. The number of aliphatic hydroxyl groups excluding tert-OH is 1. The summed E-state index contributed by atoms with van der Waals surface area (Å²) in [6, 6.07) is 13.3. The smallest absolute Gasteiger partial charge is 0.250 e. The van der Waals surface area contributed by atoms with Crippen molar-refractivity contribution in [3.05, 3.63) is 65.4 Å². The number of carbonyl (C=O) groups excluding carboxylic acids is 2. The number of hydrogen-bond acceptors (Lipinski definition) is 6. The molecule has 0 radical (unpaired) electrons. The van der Waals surface area contributed by atoms with Crippen LogP contribution in [0, 0.1) is 19.3 Å². The maximum atomic E-state index is 13.0. The molecule has 3 rings (SSSR count). The summed E-state index contributed by atoms with van der Waals surface area (Å²) in [7, 11) is 0. The highest BCUT2D eigenvalue weighted by Crippen LogP contribution is 2.32. The van der Waals surface area contributed by atoms with Crippen LogP contribution in [0.15, 0.2) is 48.7 Å². The standard InChI is InChI=1S/C29H37N3O4S/c1-7-10-22(31-27(35)25(33)29(4,5)6)26(34)32-28-30-16-24(37-28)21-12-9-8-11-20(21)17-36-23-15-18(2)13-14-19(23)3/h8-9,11-16,22,25,33H,7,10,17H2,1-6H3,(H,31,35)(H,30,32,34)/t22-,25+/m0/s1. The minimum atomic E-state index is -1.21. The first kappa shape index (κ1) is 28.3. The normalized spacial score (nSPS) is 13.1. The van der Waals surface area contributed by atoms with Crippen molar-refractivity contribution in [3.8, 4) is 16.2 Å². The number of aromatic nitrogens is 1. The first-order valence-electron chi connectivity index (χ1n) is 12.5. The highest BCUT2D eigenvalue weighted by Gasteiger charge is 2.32. The number of anilines is 1. The van der Waals surface area contributed by atoms with Gasteiger partial charge >= 0.3 is 0 Å². The molecule has 0 unspecified atom stereocenters. The molecule has 0 saturated heterocycles. The summed E-state index contributed by atoms with van der Waals surface area (Å²) >= 11 is 1.36. The summed E-state index contributed by atoms with van der Waals surface area (Å²) in [6.45, 7) is 11.7. The van der Waals surface area contributed by atoms with Gasteiger partial charge in [0, 0.05) is 6.20 Å². The minimum Gasteiger partial charge on any atom is -0.489 e. The lowest BCUT2D eigenvalue weighted by Gasteiger charge is -2.26. The van der Waals surface area contributed by atoms with E-state index in [1.165, 1.54) is 11.3 Å². The molecule has 1 heterocycles. The zero-order valence-corrected chi connectivity index (χ0v) is 23.2. The SMILES string of the molecule is CCC[C@H](NC(=O)[C@@H](O)C(C)(C)C)C(=O)Nc1ncc(-c2ccccc2COc2cc(C)ccc2C)s1. The third-order valence-corrected chi connectivity index (χ3v) is 6.97. The van der Waals surface area contributed by atoms with Crippen molar-refractivity contribution in [2.75, 3.05) is 5.32 Å². The molecule has 0 fully saturated rings. The molecule has 37 heavy (non-hydrogen) atoms. The fourth-order valence-electron chi connectivity index (χ4n) is 3.76. The predicted molar refractivity (Wildman–Crippen MR) is 149 cm³/mol. The van der Waals surface area contributed by atoms with Crippen LogP contribution >= 0.6 is 11.3 Å². The fourth-order valence-corrected chi connectivity index (χ4v) is 4.64. The molecule has 1 aromatic heterocycles. The Bertz CT molecular complexity index is 1230. The molecule has 8 heteroatoms. The summed E-state index contributed by atoms with van der Waals surface area (Å²) in [6.07, 6.45) is 1.66. The van der Waals surface area contributed by atoms with Crippen LogP contribution in [0.3, 0.4) is 0 Å². The van der Waals surface area contributed by atoms with Gasteiger partial charge in [-0.15, -0.1) is 0 Å².